The number of hydrogen-bond acceptors (Lipinski definition) is 5. The second-order valence-corrected chi connectivity index (χ2v) is 8.81. The van der Waals surface area contributed by atoms with Gasteiger partial charge in [0.15, 0.2) is 0 Å². The van der Waals surface area contributed by atoms with E-state index < -0.39 is 28.0 Å². The molecule has 0 radical (unpaired) electrons. The number of carbonyl (C=O) groups excluding carboxylic acids is 1. The summed E-state index contributed by atoms with van der Waals surface area (Å²) in [6.07, 6.45) is -4.85. The molecule has 13 heteroatoms. The van der Waals surface area contributed by atoms with E-state index in [4.69, 9.17) is 33.1 Å². The molecule has 0 saturated carbocycles. The first kappa shape index (κ1) is 24.6. The van der Waals surface area contributed by atoms with Crippen molar-refractivity contribution in [3.8, 4) is 17.2 Å². The molecular formula is C20H13Cl2F3N2O5S. The standard InChI is InChI=1S/C20H13Cl2F3N2O5S/c21-11-8-16(22)18(19(28)27-12-2-1-3-15(10-12)33(26,29)30)17(9-11)31-13-4-6-14(7-5-13)32-20(23,24)25/h1-10H,(H,27,28)(H2,26,29,30). The zero-order valence-electron chi connectivity index (χ0n) is 16.2. The van der Waals surface area contributed by atoms with Crippen molar-refractivity contribution in [1.82, 2.24) is 0 Å². The van der Waals surface area contributed by atoms with E-state index in [9.17, 15) is 26.4 Å². The van der Waals surface area contributed by atoms with Crippen LogP contribution in [0.3, 0.4) is 0 Å². The lowest BCUT2D eigenvalue weighted by molar-refractivity contribution is -0.274. The average Bonchev–Trinajstić information content (AvgIpc) is 2.67. The lowest BCUT2D eigenvalue weighted by Crippen LogP contribution is -2.17. The molecule has 0 atom stereocenters. The zero-order chi connectivity index (χ0) is 24.4. The van der Waals surface area contributed by atoms with Crippen LogP contribution >= 0.6 is 23.2 Å². The molecule has 0 heterocycles. The number of rotatable bonds is 6. The zero-order valence-corrected chi connectivity index (χ0v) is 18.5. The van der Waals surface area contributed by atoms with E-state index in [1.165, 1.54) is 42.5 Å². The number of anilines is 1. The number of nitrogens with one attached hydrogen (secondary N) is 1. The summed E-state index contributed by atoms with van der Waals surface area (Å²) in [7, 11) is -4.00. The molecule has 3 rings (SSSR count). The van der Waals surface area contributed by atoms with Gasteiger partial charge in [0, 0.05) is 16.8 Å². The van der Waals surface area contributed by atoms with Gasteiger partial charge in [-0.25, -0.2) is 13.6 Å². The number of primary sulfonamides is 1. The molecule has 0 unspecified atom stereocenters. The highest BCUT2D eigenvalue weighted by Gasteiger charge is 2.31. The van der Waals surface area contributed by atoms with Gasteiger partial charge in [-0.2, -0.15) is 0 Å². The summed E-state index contributed by atoms with van der Waals surface area (Å²) in [4.78, 5) is 12.7. The fourth-order valence-corrected chi connectivity index (χ4v) is 3.75. The van der Waals surface area contributed by atoms with Crippen LogP contribution in [0.25, 0.3) is 0 Å². The summed E-state index contributed by atoms with van der Waals surface area (Å²) in [5.41, 5.74) is -0.0464. The molecule has 3 aromatic carbocycles. The fourth-order valence-electron chi connectivity index (χ4n) is 2.63. The summed E-state index contributed by atoms with van der Waals surface area (Å²) in [5.74, 6) is -1.27. The van der Waals surface area contributed by atoms with E-state index in [0.29, 0.717) is 0 Å². The minimum Gasteiger partial charge on any atom is -0.456 e. The third kappa shape index (κ3) is 6.75. The molecule has 0 aliphatic carbocycles. The SMILES string of the molecule is NS(=O)(=O)c1cccc(NC(=O)c2c(Cl)cc(Cl)cc2Oc2ccc(OC(F)(F)F)cc2)c1. The highest BCUT2D eigenvalue weighted by atomic mass is 35.5. The number of carbonyl (C=O) groups is 1. The van der Waals surface area contributed by atoms with Crippen molar-refractivity contribution < 1.29 is 35.9 Å². The minimum absolute atomic E-state index is 0.0631. The molecule has 0 spiro atoms. The largest absolute Gasteiger partial charge is 0.573 e. The van der Waals surface area contributed by atoms with Crippen LogP contribution in [0.5, 0.6) is 17.2 Å². The monoisotopic (exact) mass is 520 g/mol. The summed E-state index contributed by atoms with van der Waals surface area (Å²) in [6, 6.07) is 12.2. The Kier molecular flexibility index (Phi) is 7.08. The van der Waals surface area contributed by atoms with Crippen molar-refractivity contribution in [2.45, 2.75) is 11.3 Å². The molecule has 0 aliphatic rings. The molecular weight excluding hydrogens is 508 g/mol. The number of benzene rings is 3. The number of amides is 1. The predicted octanol–water partition coefficient (Wildman–Crippen LogP) is 5.58. The maximum Gasteiger partial charge on any atom is 0.573 e. The van der Waals surface area contributed by atoms with Crippen LogP contribution in [0.15, 0.2) is 65.6 Å². The van der Waals surface area contributed by atoms with Gasteiger partial charge in [-0.05, 0) is 48.5 Å². The Bertz CT molecular complexity index is 1300. The lowest BCUT2D eigenvalue weighted by Gasteiger charge is -2.15. The molecule has 3 N–H and O–H groups in total. The van der Waals surface area contributed by atoms with Crippen molar-refractivity contribution in [1.29, 1.82) is 0 Å². The Morgan fingerprint density at radius 3 is 2.21 bits per heavy atom. The summed E-state index contributed by atoms with van der Waals surface area (Å²) in [5, 5.41) is 7.61. The normalized spacial score (nSPS) is 11.7. The molecule has 0 bridgehead atoms. The van der Waals surface area contributed by atoms with Gasteiger partial charge in [0.2, 0.25) is 10.0 Å². The van der Waals surface area contributed by atoms with Gasteiger partial charge in [-0.1, -0.05) is 29.3 Å². The first-order valence-electron chi connectivity index (χ1n) is 8.79. The van der Waals surface area contributed by atoms with Crippen LogP contribution in [-0.4, -0.2) is 20.7 Å². The maximum atomic E-state index is 12.9. The van der Waals surface area contributed by atoms with E-state index >= 15 is 0 Å². The Balaban J connectivity index is 1.89. The van der Waals surface area contributed by atoms with E-state index in [1.807, 2.05) is 0 Å². The third-order valence-corrected chi connectivity index (χ3v) is 5.38. The first-order valence-corrected chi connectivity index (χ1v) is 11.1. The molecule has 0 aliphatic heterocycles. The Hall–Kier alpha value is -2.99. The smallest absolute Gasteiger partial charge is 0.456 e. The number of ether oxygens (including phenoxy) is 2. The van der Waals surface area contributed by atoms with Crippen molar-refractivity contribution in [3.63, 3.8) is 0 Å². The molecule has 33 heavy (non-hydrogen) atoms. The number of nitrogens with two attached hydrogens (primary N) is 1. The number of halogens is 5. The Morgan fingerprint density at radius 1 is 0.970 bits per heavy atom. The highest BCUT2D eigenvalue weighted by molar-refractivity contribution is 7.89. The van der Waals surface area contributed by atoms with Crippen LogP contribution < -0.4 is 19.9 Å². The van der Waals surface area contributed by atoms with Crippen LogP contribution in [0.1, 0.15) is 10.4 Å². The lowest BCUT2D eigenvalue weighted by atomic mass is 10.1. The van der Waals surface area contributed by atoms with Crippen molar-refractivity contribution in [2.24, 2.45) is 5.14 Å². The van der Waals surface area contributed by atoms with Gasteiger partial charge >= 0.3 is 6.36 Å². The van der Waals surface area contributed by atoms with Crippen LogP contribution in [0.4, 0.5) is 18.9 Å². The van der Waals surface area contributed by atoms with Gasteiger partial charge < -0.3 is 14.8 Å². The van der Waals surface area contributed by atoms with Crippen LogP contribution in [0, 0.1) is 0 Å². The predicted molar refractivity (Wildman–Crippen MR) is 115 cm³/mol. The second-order valence-electron chi connectivity index (χ2n) is 6.41. The topological polar surface area (TPSA) is 108 Å². The highest BCUT2D eigenvalue weighted by Crippen LogP contribution is 2.35. The van der Waals surface area contributed by atoms with Crippen molar-refractivity contribution in [2.75, 3.05) is 5.32 Å². The van der Waals surface area contributed by atoms with Crippen LogP contribution in [0.2, 0.25) is 10.0 Å². The van der Waals surface area contributed by atoms with E-state index in [0.717, 1.165) is 18.2 Å². The number of alkyl halides is 3. The third-order valence-electron chi connectivity index (χ3n) is 3.95. The second kappa shape index (κ2) is 9.48. The summed E-state index contributed by atoms with van der Waals surface area (Å²) in [6.45, 7) is 0. The quantitative estimate of drug-likeness (QED) is 0.440. The first-order chi connectivity index (χ1) is 15.3. The van der Waals surface area contributed by atoms with Crippen LogP contribution in [-0.2, 0) is 10.0 Å². The molecule has 7 nitrogen and oxygen atoms in total. The molecule has 1 amide bonds. The van der Waals surface area contributed by atoms with E-state index in [-0.39, 0.29) is 37.7 Å². The minimum atomic E-state index is -4.85. The van der Waals surface area contributed by atoms with Crippen molar-refractivity contribution >= 4 is 44.8 Å². The summed E-state index contributed by atoms with van der Waals surface area (Å²) < 4.78 is 69.4. The molecule has 3 aromatic rings. The molecule has 174 valence electrons. The number of hydrogen-bond donors (Lipinski definition) is 2. The Labute approximate surface area is 195 Å². The summed E-state index contributed by atoms with van der Waals surface area (Å²) >= 11 is 12.2. The molecule has 0 saturated heterocycles. The van der Waals surface area contributed by atoms with Crippen molar-refractivity contribution in [3.05, 3.63) is 76.3 Å². The van der Waals surface area contributed by atoms with Gasteiger partial charge in [0.05, 0.1) is 9.92 Å². The van der Waals surface area contributed by atoms with Gasteiger partial charge in [0.1, 0.15) is 22.8 Å². The Morgan fingerprint density at radius 2 is 1.61 bits per heavy atom. The van der Waals surface area contributed by atoms with E-state index in [1.54, 1.807) is 0 Å². The fraction of sp³-hybridized carbons (Fsp3) is 0.0500. The van der Waals surface area contributed by atoms with Gasteiger partial charge in [-0.3, -0.25) is 4.79 Å². The average molecular weight is 521 g/mol. The van der Waals surface area contributed by atoms with Gasteiger partial charge in [0.25, 0.3) is 5.91 Å². The molecule has 0 fully saturated rings. The maximum absolute atomic E-state index is 12.9. The molecule has 0 aromatic heterocycles. The number of sulfonamides is 1. The van der Waals surface area contributed by atoms with E-state index in [2.05, 4.69) is 10.1 Å². The van der Waals surface area contributed by atoms with Gasteiger partial charge in [-0.15, -0.1) is 13.2 Å².